The van der Waals surface area contributed by atoms with Crippen molar-refractivity contribution in [3.05, 3.63) is 137 Å². The normalized spacial score (nSPS) is 11.7. The van der Waals surface area contributed by atoms with Crippen LogP contribution in [0.3, 0.4) is 0 Å². The smallest absolute Gasteiger partial charge is 0.356 e. The van der Waals surface area contributed by atoms with Crippen molar-refractivity contribution < 1.29 is 9.53 Å². The number of aromatic amines is 1. The largest absolute Gasteiger partial charge is 0.464 e. The molecule has 7 nitrogen and oxygen atoms in total. The molecule has 0 unspecified atom stereocenters. The first-order valence-corrected chi connectivity index (χ1v) is 13.2. The molecule has 198 valence electrons. The molecule has 0 spiro atoms. The van der Waals surface area contributed by atoms with Crippen LogP contribution < -0.4 is 0 Å². The number of nitrogens with zero attached hydrogens (tertiary/aromatic N) is 4. The number of ether oxygens (including phenoxy) is 1. The molecule has 0 saturated heterocycles. The summed E-state index contributed by atoms with van der Waals surface area (Å²) in [6.07, 6.45) is 3.62. The summed E-state index contributed by atoms with van der Waals surface area (Å²) in [5.41, 5.74) is 5.75. The molecular weight excluding hydrogens is 498 g/mol. The number of carbonyl (C=O) groups is 1. The molecule has 0 atom stereocenters. The number of methoxy groups -OCH3 is 1. The summed E-state index contributed by atoms with van der Waals surface area (Å²) in [5, 5.41) is 13.4. The number of nitrogens with one attached hydrogen (secondary N) is 1. The van der Waals surface area contributed by atoms with Crippen LogP contribution in [0.1, 0.15) is 52.5 Å². The van der Waals surface area contributed by atoms with Crippen molar-refractivity contribution in [3.63, 3.8) is 0 Å². The van der Waals surface area contributed by atoms with Crippen molar-refractivity contribution in [2.75, 3.05) is 7.11 Å². The average Bonchev–Trinajstić information content (AvgIpc) is 3.65. The lowest BCUT2D eigenvalue weighted by Crippen LogP contribution is -2.38. The van der Waals surface area contributed by atoms with Gasteiger partial charge in [-0.1, -0.05) is 105 Å². The highest BCUT2D eigenvalue weighted by molar-refractivity contribution is 5.96. The van der Waals surface area contributed by atoms with Crippen molar-refractivity contribution in [3.8, 4) is 11.3 Å². The van der Waals surface area contributed by atoms with Gasteiger partial charge in [0.1, 0.15) is 11.2 Å². The molecule has 0 radical (unpaired) electrons. The minimum atomic E-state index is -0.805. The number of H-pyrrole nitrogens is 1. The van der Waals surface area contributed by atoms with Crippen LogP contribution in [0.2, 0.25) is 0 Å². The van der Waals surface area contributed by atoms with E-state index in [9.17, 15) is 4.79 Å². The Balaban J connectivity index is 1.68. The fourth-order valence-corrected chi connectivity index (χ4v) is 5.66. The lowest BCUT2D eigenvalue weighted by Gasteiger charge is -2.36. The fraction of sp³-hybridized carbons (Fsp3) is 0.152. The Morgan fingerprint density at radius 3 is 1.90 bits per heavy atom. The summed E-state index contributed by atoms with van der Waals surface area (Å²) < 4.78 is 7.03. The van der Waals surface area contributed by atoms with Crippen LogP contribution >= 0.6 is 0 Å². The number of hydrogen-bond donors (Lipinski definition) is 1. The number of fused-ring (bicyclic) bond motifs is 1. The minimum absolute atomic E-state index is 0.0261. The molecule has 0 bridgehead atoms. The highest BCUT2D eigenvalue weighted by Crippen LogP contribution is 2.43. The van der Waals surface area contributed by atoms with Crippen LogP contribution in [0, 0.1) is 0 Å². The molecule has 0 aliphatic heterocycles. The maximum Gasteiger partial charge on any atom is 0.356 e. The minimum Gasteiger partial charge on any atom is -0.464 e. The van der Waals surface area contributed by atoms with Gasteiger partial charge in [0.15, 0.2) is 5.65 Å². The van der Waals surface area contributed by atoms with E-state index in [2.05, 4.69) is 46.6 Å². The summed E-state index contributed by atoms with van der Waals surface area (Å²) in [6, 6.07) is 33.1. The number of benzene rings is 3. The Bertz CT molecular complexity index is 1680. The van der Waals surface area contributed by atoms with Gasteiger partial charge in [0.05, 0.1) is 19.0 Å². The van der Waals surface area contributed by atoms with Gasteiger partial charge in [-0.2, -0.15) is 10.2 Å². The van der Waals surface area contributed by atoms with E-state index in [1.165, 1.54) is 7.11 Å². The predicted molar refractivity (Wildman–Crippen MR) is 155 cm³/mol. The van der Waals surface area contributed by atoms with E-state index in [0.717, 1.165) is 33.2 Å². The molecule has 0 fully saturated rings. The highest BCUT2D eigenvalue weighted by atomic mass is 16.5. The van der Waals surface area contributed by atoms with Crippen molar-refractivity contribution in [1.82, 2.24) is 25.0 Å². The van der Waals surface area contributed by atoms with E-state index >= 15 is 0 Å². The van der Waals surface area contributed by atoms with Crippen LogP contribution in [0.4, 0.5) is 0 Å². The molecule has 3 aromatic heterocycles. The maximum absolute atomic E-state index is 12.5. The second kappa shape index (κ2) is 10.3. The monoisotopic (exact) mass is 527 g/mol. The summed E-state index contributed by atoms with van der Waals surface area (Å²) in [5.74, 6) is -0.419. The summed E-state index contributed by atoms with van der Waals surface area (Å²) in [6.45, 7) is 4.07. The molecule has 40 heavy (non-hydrogen) atoms. The molecule has 0 aliphatic rings. The number of esters is 1. The van der Waals surface area contributed by atoms with Crippen molar-refractivity contribution >= 4 is 17.0 Å². The quantitative estimate of drug-likeness (QED) is 0.187. The number of aromatic nitrogens is 5. The van der Waals surface area contributed by atoms with Crippen molar-refractivity contribution in [2.24, 2.45) is 0 Å². The molecule has 7 heteroatoms. The molecule has 6 aromatic rings. The van der Waals surface area contributed by atoms with E-state index in [1.807, 2.05) is 85.4 Å². The Morgan fingerprint density at radius 2 is 1.40 bits per heavy atom. The summed E-state index contributed by atoms with van der Waals surface area (Å²) in [7, 11) is 1.37. The van der Waals surface area contributed by atoms with Gasteiger partial charge in [-0.05, 0) is 28.7 Å². The lowest BCUT2D eigenvalue weighted by molar-refractivity contribution is 0.0592. The zero-order valence-electron chi connectivity index (χ0n) is 22.6. The second-order valence-corrected chi connectivity index (χ2v) is 9.97. The summed E-state index contributed by atoms with van der Waals surface area (Å²) in [4.78, 5) is 17.4. The third kappa shape index (κ3) is 3.90. The lowest BCUT2D eigenvalue weighted by atomic mass is 9.77. The molecular formula is C33H29N5O2. The fourth-order valence-electron chi connectivity index (χ4n) is 5.66. The van der Waals surface area contributed by atoms with E-state index in [0.29, 0.717) is 17.0 Å². The molecule has 0 amide bonds. The molecule has 0 saturated carbocycles. The van der Waals surface area contributed by atoms with Crippen LogP contribution in [0.5, 0.6) is 0 Å². The van der Waals surface area contributed by atoms with Gasteiger partial charge in [-0.15, -0.1) is 0 Å². The zero-order valence-corrected chi connectivity index (χ0v) is 22.6. The van der Waals surface area contributed by atoms with Crippen LogP contribution in [-0.2, 0) is 10.3 Å². The standard InChI is InChI=1S/C33H29N5O2/c1-22(2)28-29(36-37-30(28)32(39)40-3)26-19-20-34-31-27(26)21-35-38(31)33(23-13-7-4-8-14-23,24-15-9-5-10-16-24)25-17-11-6-12-18-25/h4-22H,1-3H3,(H,36,37). The van der Waals surface area contributed by atoms with E-state index < -0.39 is 11.5 Å². The van der Waals surface area contributed by atoms with Gasteiger partial charge in [-0.3, -0.25) is 5.10 Å². The third-order valence-corrected chi connectivity index (χ3v) is 7.39. The first-order chi connectivity index (χ1) is 19.6. The number of hydrogen-bond acceptors (Lipinski definition) is 5. The van der Waals surface area contributed by atoms with Crippen LogP contribution in [-0.4, -0.2) is 38.0 Å². The molecule has 0 aliphatic carbocycles. The van der Waals surface area contributed by atoms with Gasteiger partial charge < -0.3 is 4.74 Å². The van der Waals surface area contributed by atoms with Gasteiger partial charge in [-0.25, -0.2) is 14.5 Å². The Morgan fingerprint density at radius 1 is 0.850 bits per heavy atom. The van der Waals surface area contributed by atoms with Gasteiger partial charge in [0.2, 0.25) is 0 Å². The number of rotatable bonds is 7. The van der Waals surface area contributed by atoms with E-state index in [1.54, 1.807) is 6.20 Å². The van der Waals surface area contributed by atoms with Crippen molar-refractivity contribution in [1.29, 1.82) is 0 Å². The SMILES string of the molecule is COC(=O)c1[nH]nc(-c2ccnc3c2cnn3C(c2ccccc2)(c2ccccc2)c2ccccc2)c1C(C)C. The van der Waals surface area contributed by atoms with Crippen LogP contribution in [0.15, 0.2) is 109 Å². The first-order valence-electron chi connectivity index (χ1n) is 13.2. The molecule has 3 heterocycles. The van der Waals surface area contributed by atoms with E-state index in [-0.39, 0.29) is 5.92 Å². The third-order valence-electron chi connectivity index (χ3n) is 7.39. The Hall–Kier alpha value is -5.04. The van der Waals surface area contributed by atoms with Crippen molar-refractivity contribution in [2.45, 2.75) is 25.3 Å². The van der Waals surface area contributed by atoms with Gasteiger partial charge >= 0.3 is 5.97 Å². The van der Waals surface area contributed by atoms with Gasteiger partial charge in [0.25, 0.3) is 0 Å². The van der Waals surface area contributed by atoms with E-state index in [4.69, 9.17) is 14.8 Å². The summed E-state index contributed by atoms with van der Waals surface area (Å²) >= 11 is 0. The zero-order chi connectivity index (χ0) is 27.7. The molecule has 3 aromatic carbocycles. The molecule has 1 N–H and O–H groups in total. The Kier molecular flexibility index (Phi) is 6.48. The molecule has 6 rings (SSSR count). The van der Waals surface area contributed by atoms with Gasteiger partial charge in [0, 0.05) is 22.7 Å². The Labute approximate surface area is 232 Å². The maximum atomic E-state index is 12.5. The first kappa shape index (κ1) is 25.2. The van der Waals surface area contributed by atoms with Crippen LogP contribution in [0.25, 0.3) is 22.3 Å². The average molecular weight is 528 g/mol. The second-order valence-electron chi connectivity index (χ2n) is 9.97. The number of pyridine rings is 1. The highest BCUT2D eigenvalue weighted by Gasteiger charge is 2.41. The topological polar surface area (TPSA) is 85.7 Å². The predicted octanol–water partition coefficient (Wildman–Crippen LogP) is 6.57. The number of carbonyl (C=O) groups excluding carboxylic acids is 1.